The monoisotopic (exact) mass is 254 g/mol. The molecule has 1 aromatic rings. The zero-order chi connectivity index (χ0) is 13.1. The van der Waals surface area contributed by atoms with Crippen LogP contribution in [0.5, 0.6) is 5.75 Å². The SMILES string of the molecule is COCCCOCCOc1ccc(CCN)nc1. The van der Waals surface area contributed by atoms with Crippen molar-refractivity contribution < 1.29 is 14.2 Å². The molecule has 0 bridgehead atoms. The fraction of sp³-hybridized carbons (Fsp3) is 0.615. The van der Waals surface area contributed by atoms with Crippen molar-refractivity contribution in [2.24, 2.45) is 5.73 Å². The predicted octanol–water partition coefficient (Wildman–Crippen LogP) is 1.01. The summed E-state index contributed by atoms with van der Waals surface area (Å²) in [6, 6.07) is 3.84. The highest BCUT2D eigenvalue weighted by Crippen LogP contribution is 2.09. The average molecular weight is 254 g/mol. The average Bonchev–Trinajstić information content (AvgIpc) is 2.40. The highest BCUT2D eigenvalue weighted by molar-refractivity contribution is 5.19. The second kappa shape index (κ2) is 9.82. The van der Waals surface area contributed by atoms with E-state index in [-0.39, 0.29) is 0 Å². The lowest BCUT2D eigenvalue weighted by atomic mass is 10.3. The van der Waals surface area contributed by atoms with E-state index in [1.54, 1.807) is 13.3 Å². The molecule has 1 aromatic heterocycles. The first-order valence-electron chi connectivity index (χ1n) is 6.21. The Balaban J connectivity index is 2.08. The van der Waals surface area contributed by atoms with Gasteiger partial charge in [0.25, 0.3) is 0 Å². The van der Waals surface area contributed by atoms with E-state index in [1.807, 2.05) is 12.1 Å². The van der Waals surface area contributed by atoms with Gasteiger partial charge in [0.15, 0.2) is 0 Å². The van der Waals surface area contributed by atoms with Crippen molar-refractivity contribution in [2.75, 3.05) is 40.1 Å². The molecule has 1 heterocycles. The van der Waals surface area contributed by atoms with Gasteiger partial charge in [-0.1, -0.05) is 0 Å². The third-order valence-electron chi connectivity index (χ3n) is 2.33. The van der Waals surface area contributed by atoms with Crippen molar-refractivity contribution in [3.05, 3.63) is 24.0 Å². The number of pyridine rings is 1. The highest BCUT2D eigenvalue weighted by Gasteiger charge is 1.96. The van der Waals surface area contributed by atoms with Crippen molar-refractivity contribution in [1.82, 2.24) is 4.98 Å². The van der Waals surface area contributed by atoms with E-state index in [0.717, 1.165) is 30.9 Å². The standard InChI is InChI=1S/C13H22N2O3/c1-16-7-2-8-17-9-10-18-13-4-3-12(5-6-14)15-11-13/h3-4,11H,2,5-10,14H2,1H3. The molecule has 2 N–H and O–H groups in total. The Labute approximate surface area is 108 Å². The molecule has 0 amide bonds. The molecule has 0 fully saturated rings. The van der Waals surface area contributed by atoms with Gasteiger partial charge in [-0.25, -0.2) is 0 Å². The molecule has 0 radical (unpaired) electrons. The molecule has 0 aliphatic heterocycles. The number of hydrogen-bond acceptors (Lipinski definition) is 5. The van der Waals surface area contributed by atoms with E-state index in [1.165, 1.54) is 0 Å². The molecule has 18 heavy (non-hydrogen) atoms. The van der Waals surface area contributed by atoms with E-state index >= 15 is 0 Å². The summed E-state index contributed by atoms with van der Waals surface area (Å²) in [5, 5.41) is 0. The first-order chi connectivity index (χ1) is 8.86. The molecule has 0 atom stereocenters. The lowest BCUT2D eigenvalue weighted by molar-refractivity contribution is 0.0805. The van der Waals surface area contributed by atoms with Gasteiger partial charge < -0.3 is 19.9 Å². The molecule has 5 nitrogen and oxygen atoms in total. The van der Waals surface area contributed by atoms with E-state index < -0.39 is 0 Å². The maximum atomic E-state index is 5.50. The molecular weight excluding hydrogens is 232 g/mol. The minimum Gasteiger partial charge on any atom is -0.490 e. The van der Waals surface area contributed by atoms with Crippen molar-refractivity contribution in [1.29, 1.82) is 0 Å². The molecule has 0 spiro atoms. The first kappa shape index (κ1) is 14.9. The number of rotatable bonds is 10. The second-order valence-corrected chi connectivity index (χ2v) is 3.83. The van der Waals surface area contributed by atoms with Crippen LogP contribution in [0.2, 0.25) is 0 Å². The summed E-state index contributed by atoms with van der Waals surface area (Å²) in [7, 11) is 1.68. The predicted molar refractivity (Wildman–Crippen MR) is 69.8 cm³/mol. The van der Waals surface area contributed by atoms with E-state index in [9.17, 15) is 0 Å². The van der Waals surface area contributed by atoms with Gasteiger partial charge in [0.2, 0.25) is 0 Å². The van der Waals surface area contributed by atoms with Crippen LogP contribution < -0.4 is 10.5 Å². The summed E-state index contributed by atoms with van der Waals surface area (Å²) in [5.41, 5.74) is 6.44. The van der Waals surface area contributed by atoms with Crippen molar-refractivity contribution in [3.63, 3.8) is 0 Å². The van der Waals surface area contributed by atoms with Gasteiger partial charge in [-0.05, 0) is 25.1 Å². The van der Waals surface area contributed by atoms with Crippen LogP contribution >= 0.6 is 0 Å². The maximum absolute atomic E-state index is 5.50. The molecule has 0 unspecified atom stereocenters. The second-order valence-electron chi connectivity index (χ2n) is 3.83. The largest absolute Gasteiger partial charge is 0.490 e. The minimum atomic E-state index is 0.533. The van der Waals surface area contributed by atoms with Crippen molar-refractivity contribution >= 4 is 0 Å². The molecule has 0 aromatic carbocycles. The summed E-state index contributed by atoms with van der Waals surface area (Å²) < 4.78 is 15.8. The van der Waals surface area contributed by atoms with Gasteiger partial charge in [0.1, 0.15) is 12.4 Å². The van der Waals surface area contributed by atoms with Gasteiger partial charge in [-0.3, -0.25) is 4.98 Å². The van der Waals surface area contributed by atoms with Gasteiger partial charge in [0, 0.05) is 32.4 Å². The van der Waals surface area contributed by atoms with Crippen molar-refractivity contribution in [2.45, 2.75) is 12.8 Å². The van der Waals surface area contributed by atoms with Crippen LogP contribution in [0.3, 0.4) is 0 Å². The fourth-order valence-corrected chi connectivity index (χ4v) is 1.42. The molecule has 102 valence electrons. The lowest BCUT2D eigenvalue weighted by Gasteiger charge is -2.07. The van der Waals surface area contributed by atoms with E-state index in [4.69, 9.17) is 19.9 Å². The van der Waals surface area contributed by atoms with Crippen LogP contribution in [0.1, 0.15) is 12.1 Å². The molecule has 0 aliphatic carbocycles. The Morgan fingerprint density at radius 1 is 1.17 bits per heavy atom. The Hall–Kier alpha value is -1.17. The van der Waals surface area contributed by atoms with Crippen LogP contribution in [-0.2, 0) is 15.9 Å². The van der Waals surface area contributed by atoms with E-state index in [0.29, 0.717) is 26.4 Å². The highest BCUT2D eigenvalue weighted by atomic mass is 16.5. The number of hydrogen-bond donors (Lipinski definition) is 1. The van der Waals surface area contributed by atoms with E-state index in [2.05, 4.69) is 4.98 Å². The summed E-state index contributed by atoms with van der Waals surface area (Å²) >= 11 is 0. The Morgan fingerprint density at radius 2 is 2.06 bits per heavy atom. The molecule has 5 heteroatoms. The number of nitrogens with zero attached hydrogens (tertiary/aromatic N) is 1. The molecular formula is C13H22N2O3. The first-order valence-corrected chi connectivity index (χ1v) is 6.21. The number of methoxy groups -OCH3 is 1. The Kier molecular flexibility index (Phi) is 8.12. The summed E-state index contributed by atoms with van der Waals surface area (Å²) in [5.74, 6) is 0.760. The maximum Gasteiger partial charge on any atom is 0.137 e. The molecule has 1 rings (SSSR count). The van der Waals surface area contributed by atoms with Crippen LogP contribution in [0.25, 0.3) is 0 Å². The fourth-order valence-electron chi connectivity index (χ4n) is 1.42. The number of aromatic nitrogens is 1. The quantitative estimate of drug-likeness (QED) is 0.631. The zero-order valence-corrected chi connectivity index (χ0v) is 10.9. The molecule has 0 aliphatic rings. The molecule has 0 saturated heterocycles. The van der Waals surface area contributed by atoms with Crippen LogP contribution in [0, 0.1) is 0 Å². The number of nitrogens with two attached hydrogens (primary N) is 1. The third kappa shape index (κ3) is 6.54. The third-order valence-corrected chi connectivity index (χ3v) is 2.33. The van der Waals surface area contributed by atoms with Gasteiger partial charge >= 0.3 is 0 Å². The van der Waals surface area contributed by atoms with Crippen LogP contribution in [0.15, 0.2) is 18.3 Å². The zero-order valence-electron chi connectivity index (χ0n) is 10.9. The topological polar surface area (TPSA) is 66.6 Å². The smallest absolute Gasteiger partial charge is 0.137 e. The minimum absolute atomic E-state index is 0.533. The molecule has 0 saturated carbocycles. The normalized spacial score (nSPS) is 10.6. The van der Waals surface area contributed by atoms with Gasteiger partial charge in [-0.15, -0.1) is 0 Å². The summed E-state index contributed by atoms with van der Waals surface area (Å²) in [6.07, 6.45) is 3.42. The van der Waals surface area contributed by atoms with Crippen molar-refractivity contribution in [3.8, 4) is 5.75 Å². The van der Waals surface area contributed by atoms with Crippen LogP contribution in [0.4, 0.5) is 0 Å². The number of ether oxygens (including phenoxy) is 3. The van der Waals surface area contributed by atoms with Gasteiger partial charge in [0.05, 0.1) is 12.8 Å². The van der Waals surface area contributed by atoms with Gasteiger partial charge in [-0.2, -0.15) is 0 Å². The Morgan fingerprint density at radius 3 is 2.72 bits per heavy atom. The van der Waals surface area contributed by atoms with Crippen LogP contribution in [-0.4, -0.2) is 45.1 Å². The summed E-state index contributed by atoms with van der Waals surface area (Å²) in [4.78, 5) is 4.25. The Bertz CT molecular complexity index is 304. The lowest BCUT2D eigenvalue weighted by Crippen LogP contribution is -2.09. The summed E-state index contributed by atoms with van der Waals surface area (Å²) in [6.45, 7) is 3.15.